The third kappa shape index (κ3) is 6.03. The van der Waals surface area contributed by atoms with Crippen molar-refractivity contribution in [2.45, 2.75) is 18.9 Å². The molecule has 0 saturated carbocycles. The van der Waals surface area contributed by atoms with Crippen molar-refractivity contribution in [2.75, 3.05) is 18.0 Å². The second-order valence-electron chi connectivity index (χ2n) is 6.81. The number of para-hydroxylation sites is 1. The van der Waals surface area contributed by atoms with Crippen LogP contribution in [-0.4, -0.2) is 34.5 Å². The number of halogens is 1. The number of rotatable bonds is 3. The molecular formula is C23H21FKN3O2. The Bertz CT molecular complexity index is 1030. The van der Waals surface area contributed by atoms with Gasteiger partial charge in [-0.05, 0) is 54.5 Å². The molecule has 2 heterocycles. The molecule has 0 unspecified atom stereocenters. The number of aromatic nitrogens is 2. The van der Waals surface area contributed by atoms with Gasteiger partial charge in [0.25, 0.3) is 0 Å². The summed E-state index contributed by atoms with van der Waals surface area (Å²) in [4.78, 5) is 2.14. The minimum Gasteiger partial charge on any atom is -1.00 e. The summed E-state index contributed by atoms with van der Waals surface area (Å²) in [5, 5.41) is 17.8. The van der Waals surface area contributed by atoms with E-state index in [-0.39, 0.29) is 70.5 Å². The van der Waals surface area contributed by atoms with E-state index >= 15 is 0 Å². The van der Waals surface area contributed by atoms with Gasteiger partial charge < -0.3 is 16.2 Å². The fourth-order valence-electron chi connectivity index (χ4n) is 3.16. The minimum absolute atomic E-state index is 0. The topological polar surface area (TPSA) is 58.5 Å². The van der Waals surface area contributed by atoms with Crippen molar-refractivity contribution >= 4 is 5.82 Å². The molecule has 2 aromatic carbocycles. The molecule has 1 aliphatic rings. The summed E-state index contributed by atoms with van der Waals surface area (Å²) in [6.07, 6.45) is 1.57. The first-order chi connectivity index (χ1) is 14.2. The average Bonchev–Trinajstić information content (AvgIpc) is 2.76. The van der Waals surface area contributed by atoms with E-state index in [1.54, 1.807) is 42.5 Å². The summed E-state index contributed by atoms with van der Waals surface area (Å²) in [5.74, 6) is 6.95. The van der Waals surface area contributed by atoms with Gasteiger partial charge in [-0.1, -0.05) is 18.1 Å². The molecule has 7 heteroatoms. The number of ether oxygens (including phenoxy) is 1. The van der Waals surface area contributed by atoms with Crippen LogP contribution in [0.15, 0.2) is 60.7 Å². The van der Waals surface area contributed by atoms with Crippen LogP contribution < -0.4 is 61.0 Å². The summed E-state index contributed by atoms with van der Waals surface area (Å²) < 4.78 is 19.5. The largest absolute Gasteiger partial charge is 1.00 e. The number of phenols is 1. The number of hydrogen-bond acceptors (Lipinski definition) is 5. The zero-order valence-corrected chi connectivity index (χ0v) is 19.9. The van der Waals surface area contributed by atoms with E-state index < -0.39 is 0 Å². The molecule has 5 nitrogen and oxygen atoms in total. The number of benzene rings is 2. The second-order valence-corrected chi connectivity index (χ2v) is 6.81. The monoisotopic (exact) mass is 429 g/mol. The molecule has 0 bridgehead atoms. The van der Waals surface area contributed by atoms with Crippen molar-refractivity contribution in [1.82, 2.24) is 10.2 Å². The Balaban J connectivity index is 0.00000171. The Morgan fingerprint density at radius 1 is 0.967 bits per heavy atom. The first-order valence-electron chi connectivity index (χ1n) is 9.48. The van der Waals surface area contributed by atoms with Gasteiger partial charge in [-0.15, -0.1) is 10.2 Å². The first kappa shape index (κ1) is 22.7. The number of aromatic hydroxyl groups is 1. The quantitative estimate of drug-likeness (QED) is 0.495. The molecule has 148 valence electrons. The fourth-order valence-corrected chi connectivity index (χ4v) is 3.16. The van der Waals surface area contributed by atoms with Crippen LogP contribution >= 0.6 is 0 Å². The number of anilines is 1. The second kappa shape index (κ2) is 10.9. The Hall–Kier alpha value is -1.95. The van der Waals surface area contributed by atoms with Crippen LogP contribution in [0, 0.1) is 17.7 Å². The molecule has 0 atom stereocenters. The van der Waals surface area contributed by atoms with Gasteiger partial charge in [-0.2, -0.15) is 0 Å². The van der Waals surface area contributed by atoms with E-state index in [1.807, 2.05) is 12.1 Å². The first-order valence-corrected chi connectivity index (χ1v) is 9.48. The van der Waals surface area contributed by atoms with Gasteiger partial charge in [0.15, 0.2) is 17.4 Å². The Morgan fingerprint density at radius 3 is 2.37 bits per heavy atom. The van der Waals surface area contributed by atoms with Crippen molar-refractivity contribution in [3.63, 3.8) is 0 Å². The van der Waals surface area contributed by atoms with E-state index in [0.29, 0.717) is 11.4 Å². The van der Waals surface area contributed by atoms with Crippen molar-refractivity contribution in [3.05, 3.63) is 77.7 Å². The molecule has 1 aliphatic heterocycles. The van der Waals surface area contributed by atoms with Crippen molar-refractivity contribution in [1.29, 1.82) is 0 Å². The third-order valence-electron chi connectivity index (χ3n) is 4.75. The van der Waals surface area contributed by atoms with Gasteiger partial charge in [0.1, 0.15) is 17.5 Å². The van der Waals surface area contributed by atoms with E-state index in [1.165, 1.54) is 6.07 Å². The summed E-state index contributed by atoms with van der Waals surface area (Å²) in [7, 11) is 0. The molecule has 1 N–H and O–H groups in total. The van der Waals surface area contributed by atoms with Crippen LogP contribution in [0.25, 0.3) is 0 Å². The molecule has 1 fully saturated rings. The smallest absolute Gasteiger partial charge is 1.00 e. The van der Waals surface area contributed by atoms with Crippen LogP contribution in [0.5, 0.6) is 11.5 Å². The zero-order valence-electron chi connectivity index (χ0n) is 17.8. The van der Waals surface area contributed by atoms with Crippen LogP contribution in [-0.2, 0) is 0 Å². The normalized spacial score (nSPS) is 13.7. The van der Waals surface area contributed by atoms with E-state index in [0.717, 1.165) is 37.3 Å². The van der Waals surface area contributed by atoms with Crippen LogP contribution in [0.3, 0.4) is 0 Å². The van der Waals surface area contributed by atoms with Gasteiger partial charge in [-0.25, -0.2) is 4.39 Å². The summed E-state index contributed by atoms with van der Waals surface area (Å²) in [6, 6.07) is 16.9. The summed E-state index contributed by atoms with van der Waals surface area (Å²) in [5.41, 5.74) is 1.38. The predicted molar refractivity (Wildman–Crippen MR) is 109 cm³/mol. The standard InChI is InChI=1S/C23H20FN3O2.K.H/c24-21-3-1-2-4-22(21)29-20-13-15-27(16-14-20)23-12-9-18(25-26-23)8-5-17-6-10-19(28)11-7-17;;/h1-4,6-7,9-12,20,28H,13-16H2;;/q;+1;-1. The van der Waals surface area contributed by atoms with Crippen molar-refractivity contribution in [2.24, 2.45) is 0 Å². The predicted octanol–water partition coefficient (Wildman–Crippen LogP) is 0.885. The van der Waals surface area contributed by atoms with Crippen LogP contribution in [0.2, 0.25) is 0 Å². The van der Waals surface area contributed by atoms with Gasteiger partial charge in [0.05, 0.1) is 0 Å². The molecule has 1 saturated heterocycles. The van der Waals surface area contributed by atoms with Gasteiger partial charge in [0, 0.05) is 31.5 Å². The van der Waals surface area contributed by atoms with Crippen LogP contribution in [0.1, 0.15) is 25.5 Å². The number of piperidine rings is 1. The minimum atomic E-state index is -0.329. The molecule has 0 radical (unpaired) electrons. The molecule has 0 spiro atoms. The number of phenolic OH excluding ortho intramolecular Hbond substituents is 1. The Morgan fingerprint density at radius 2 is 1.70 bits per heavy atom. The maximum absolute atomic E-state index is 13.7. The molecular weight excluding hydrogens is 408 g/mol. The molecule has 0 aliphatic carbocycles. The SMILES string of the molecule is Oc1ccc(C#Cc2ccc(N3CCC(Oc4ccccc4F)CC3)nn2)cc1.[H-].[K+]. The summed E-state index contributed by atoms with van der Waals surface area (Å²) >= 11 is 0. The molecule has 1 aromatic heterocycles. The number of hydrogen-bond donors (Lipinski definition) is 1. The molecule has 3 aromatic rings. The Labute approximate surface area is 219 Å². The van der Waals surface area contributed by atoms with Gasteiger partial charge >= 0.3 is 51.4 Å². The molecule has 0 amide bonds. The number of nitrogens with zero attached hydrogens (tertiary/aromatic N) is 3. The maximum atomic E-state index is 13.7. The van der Waals surface area contributed by atoms with Crippen LogP contribution in [0.4, 0.5) is 10.2 Å². The zero-order chi connectivity index (χ0) is 20.1. The van der Waals surface area contributed by atoms with Crippen molar-refractivity contribution < 1.29 is 67.0 Å². The summed E-state index contributed by atoms with van der Waals surface area (Å²) in [6.45, 7) is 1.54. The average molecular weight is 430 g/mol. The van der Waals surface area contributed by atoms with Crippen molar-refractivity contribution in [3.8, 4) is 23.3 Å². The van der Waals surface area contributed by atoms with E-state index in [4.69, 9.17) is 4.74 Å². The van der Waals surface area contributed by atoms with Gasteiger partial charge in [0.2, 0.25) is 0 Å². The van der Waals surface area contributed by atoms with Gasteiger partial charge in [-0.3, -0.25) is 0 Å². The van der Waals surface area contributed by atoms with E-state index in [2.05, 4.69) is 26.9 Å². The fraction of sp³-hybridized carbons (Fsp3) is 0.217. The molecule has 30 heavy (non-hydrogen) atoms. The third-order valence-corrected chi connectivity index (χ3v) is 4.75. The Kier molecular flexibility index (Phi) is 8.25. The van der Waals surface area contributed by atoms with E-state index in [9.17, 15) is 9.50 Å². The maximum Gasteiger partial charge on any atom is 1.00 e. The molecule has 4 rings (SSSR count).